The monoisotopic (exact) mass is 396 g/mol. The fourth-order valence-corrected chi connectivity index (χ4v) is 2.83. The molecule has 0 spiro atoms. The van der Waals surface area contributed by atoms with Crippen LogP contribution >= 0.6 is 0 Å². The highest BCUT2D eigenvalue weighted by atomic mass is 16.5. The number of carbonyl (C=O) groups excluding carboxylic acids is 3. The number of amides is 2. The molecule has 0 aromatic heterocycles. The molecule has 0 saturated heterocycles. The third-order valence-electron chi connectivity index (χ3n) is 4.56. The number of esters is 1. The molecule has 0 bridgehead atoms. The van der Waals surface area contributed by atoms with Crippen LogP contribution in [0.15, 0.2) is 54.6 Å². The van der Waals surface area contributed by atoms with Crippen LogP contribution in [0.3, 0.4) is 0 Å². The van der Waals surface area contributed by atoms with Crippen LogP contribution in [0.4, 0.5) is 5.69 Å². The van der Waals surface area contributed by atoms with E-state index in [-0.39, 0.29) is 30.8 Å². The predicted molar refractivity (Wildman–Crippen MR) is 107 cm³/mol. The molecule has 2 aromatic carbocycles. The summed E-state index contributed by atoms with van der Waals surface area (Å²) >= 11 is 0. The summed E-state index contributed by atoms with van der Waals surface area (Å²) in [6.45, 7) is -0.218. The fourth-order valence-electron chi connectivity index (χ4n) is 2.83. The number of carbonyl (C=O) groups is 3. The Morgan fingerprint density at radius 3 is 2.52 bits per heavy atom. The Hall–Kier alpha value is -3.35. The maximum Gasteiger partial charge on any atom is 0.307 e. The van der Waals surface area contributed by atoms with E-state index >= 15 is 0 Å². The molecule has 2 amide bonds. The lowest BCUT2D eigenvalue weighted by Crippen LogP contribution is -2.34. The molecule has 1 atom stereocenters. The molecule has 1 aliphatic carbocycles. The van der Waals surface area contributed by atoms with Crippen molar-refractivity contribution >= 4 is 23.5 Å². The normalized spacial score (nSPS) is 13.8. The molecule has 1 fully saturated rings. The predicted octanol–water partition coefficient (Wildman–Crippen LogP) is 2.83. The van der Waals surface area contributed by atoms with Crippen molar-refractivity contribution in [2.24, 2.45) is 5.92 Å². The highest BCUT2D eigenvalue weighted by Crippen LogP contribution is 2.30. The van der Waals surface area contributed by atoms with Gasteiger partial charge in [0.25, 0.3) is 5.91 Å². The van der Waals surface area contributed by atoms with E-state index < -0.39 is 12.0 Å². The van der Waals surface area contributed by atoms with Gasteiger partial charge in [0.05, 0.1) is 19.6 Å². The van der Waals surface area contributed by atoms with Crippen molar-refractivity contribution in [2.45, 2.75) is 25.3 Å². The first-order valence-corrected chi connectivity index (χ1v) is 9.50. The van der Waals surface area contributed by atoms with Crippen LogP contribution in [-0.2, 0) is 19.1 Å². The zero-order valence-electron chi connectivity index (χ0n) is 16.2. The molecule has 0 aliphatic heterocycles. The highest BCUT2D eigenvalue weighted by Gasteiger charge is 2.29. The molecule has 0 heterocycles. The Labute approximate surface area is 169 Å². The number of hydrogen-bond acceptors (Lipinski definition) is 5. The van der Waals surface area contributed by atoms with E-state index in [0.717, 1.165) is 18.4 Å². The van der Waals surface area contributed by atoms with Gasteiger partial charge in [-0.15, -0.1) is 0 Å². The van der Waals surface area contributed by atoms with Crippen LogP contribution in [0.2, 0.25) is 0 Å². The van der Waals surface area contributed by atoms with E-state index in [9.17, 15) is 14.4 Å². The zero-order chi connectivity index (χ0) is 20.6. The van der Waals surface area contributed by atoms with Gasteiger partial charge in [0.15, 0.2) is 6.61 Å². The molecule has 7 nitrogen and oxygen atoms in total. The Morgan fingerprint density at radius 2 is 1.83 bits per heavy atom. The lowest BCUT2D eigenvalue weighted by molar-refractivity contribution is -0.141. The maximum atomic E-state index is 12.4. The number of ether oxygens (including phenoxy) is 2. The number of methoxy groups -OCH3 is 1. The number of anilines is 1. The van der Waals surface area contributed by atoms with Gasteiger partial charge in [0, 0.05) is 17.7 Å². The number of nitrogens with one attached hydrogen (secondary N) is 2. The summed E-state index contributed by atoms with van der Waals surface area (Å²) in [5, 5.41) is 5.65. The van der Waals surface area contributed by atoms with Gasteiger partial charge in [-0.25, -0.2) is 0 Å². The van der Waals surface area contributed by atoms with Crippen LogP contribution in [0.25, 0.3) is 0 Å². The second kappa shape index (κ2) is 9.73. The van der Waals surface area contributed by atoms with E-state index in [0.29, 0.717) is 11.4 Å². The third-order valence-corrected chi connectivity index (χ3v) is 4.56. The first-order chi connectivity index (χ1) is 14.0. The molecular formula is C22H24N2O5. The standard InChI is InChI=1S/C22H24N2O5/c1-28-21(26)13-19(15-6-3-2-4-7-15)24-20(25)14-29-18-9-5-8-17(12-18)23-22(27)16-10-11-16/h2-9,12,16,19H,10-11,13-14H2,1H3,(H,23,27)(H,24,25). The minimum absolute atomic E-state index is 0.00778. The lowest BCUT2D eigenvalue weighted by Gasteiger charge is -2.18. The van der Waals surface area contributed by atoms with E-state index in [2.05, 4.69) is 10.6 Å². The quantitative estimate of drug-likeness (QED) is 0.636. The van der Waals surface area contributed by atoms with Crippen molar-refractivity contribution in [2.75, 3.05) is 19.0 Å². The van der Waals surface area contributed by atoms with Gasteiger partial charge >= 0.3 is 5.97 Å². The summed E-state index contributed by atoms with van der Waals surface area (Å²) in [5.74, 6) is -0.198. The largest absolute Gasteiger partial charge is 0.484 e. The van der Waals surface area contributed by atoms with E-state index in [1.54, 1.807) is 24.3 Å². The van der Waals surface area contributed by atoms with E-state index in [4.69, 9.17) is 9.47 Å². The lowest BCUT2D eigenvalue weighted by atomic mass is 10.0. The maximum absolute atomic E-state index is 12.4. The van der Waals surface area contributed by atoms with Gasteiger partial charge in [0.1, 0.15) is 5.75 Å². The molecule has 1 saturated carbocycles. The van der Waals surface area contributed by atoms with Crippen molar-refractivity contribution in [1.29, 1.82) is 0 Å². The van der Waals surface area contributed by atoms with Crippen molar-refractivity contribution < 1.29 is 23.9 Å². The molecule has 7 heteroatoms. The second-order valence-electron chi connectivity index (χ2n) is 6.89. The summed E-state index contributed by atoms with van der Waals surface area (Å²) in [6.07, 6.45) is 1.88. The van der Waals surface area contributed by atoms with Crippen molar-refractivity contribution in [3.8, 4) is 5.75 Å². The van der Waals surface area contributed by atoms with Gasteiger partial charge in [-0.05, 0) is 30.5 Å². The summed E-state index contributed by atoms with van der Waals surface area (Å²) in [4.78, 5) is 35.9. The van der Waals surface area contributed by atoms with Crippen molar-refractivity contribution in [1.82, 2.24) is 5.32 Å². The Bertz CT molecular complexity index is 865. The second-order valence-corrected chi connectivity index (χ2v) is 6.89. The van der Waals surface area contributed by atoms with E-state index in [1.807, 2.05) is 30.3 Å². The van der Waals surface area contributed by atoms with Crippen LogP contribution in [0, 0.1) is 5.92 Å². The average molecular weight is 396 g/mol. The summed E-state index contributed by atoms with van der Waals surface area (Å²) in [7, 11) is 1.31. The van der Waals surface area contributed by atoms with Crippen molar-refractivity contribution in [3.05, 3.63) is 60.2 Å². The molecule has 29 heavy (non-hydrogen) atoms. The van der Waals surface area contributed by atoms with Crippen LogP contribution in [0.1, 0.15) is 30.9 Å². The molecule has 0 radical (unpaired) electrons. The molecule has 152 valence electrons. The Kier molecular flexibility index (Phi) is 6.84. The third kappa shape index (κ3) is 6.34. The van der Waals surface area contributed by atoms with Crippen LogP contribution in [-0.4, -0.2) is 31.5 Å². The van der Waals surface area contributed by atoms with Crippen LogP contribution in [0.5, 0.6) is 5.75 Å². The zero-order valence-corrected chi connectivity index (χ0v) is 16.2. The Balaban J connectivity index is 1.56. The topological polar surface area (TPSA) is 93.7 Å². The van der Waals surface area contributed by atoms with E-state index in [1.165, 1.54) is 7.11 Å². The van der Waals surface area contributed by atoms with Crippen molar-refractivity contribution in [3.63, 3.8) is 0 Å². The highest BCUT2D eigenvalue weighted by molar-refractivity contribution is 5.94. The molecular weight excluding hydrogens is 372 g/mol. The first-order valence-electron chi connectivity index (χ1n) is 9.50. The summed E-state index contributed by atoms with van der Waals surface area (Å²) in [6, 6.07) is 15.6. The van der Waals surface area contributed by atoms with Gasteiger partial charge in [0.2, 0.25) is 5.91 Å². The Morgan fingerprint density at radius 1 is 1.07 bits per heavy atom. The smallest absolute Gasteiger partial charge is 0.307 e. The molecule has 2 aromatic rings. The van der Waals surface area contributed by atoms with Gasteiger partial charge < -0.3 is 20.1 Å². The minimum Gasteiger partial charge on any atom is -0.484 e. The minimum atomic E-state index is -0.510. The average Bonchev–Trinajstić information content (AvgIpc) is 3.58. The number of benzene rings is 2. The number of hydrogen-bond donors (Lipinski definition) is 2. The summed E-state index contributed by atoms with van der Waals surface area (Å²) < 4.78 is 10.3. The number of rotatable bonds is 9. The molecule has 3 rings (SSSR count). The molecule has 2 N–H and O–H groups in total. The van der Waals surface area contributed by atoms with Gasteiger partial charge in [-0.2, -0.15) is 0 Å². The van der Waals surface area contributed by atoms with Crippen LogP contribution < -0.4 is 15.4 Å². The SMILES string of the molecule is COC(=O)CC(NC(=O)COc1cccc(NC(=O)C2CC2)c1)c1ccccc1. The fraction of sp³-hybridized carbons (Fsp3) is 0.318. The summed E-state index contributed by atoms with van der Waals surface area (Å²) in [5.41, 5.74) is 1.43. The first kappa shape index (κ1) is 20.4. The molecule has 1 unspecified atom stereocenters. The van der Waals surface area contributed by atoms with Gasteiger partial charge in [-0.3, -0.25) is 14.4 Å². The van der Waals surface area contributed by atoms with Gasteiger partial charge in [-0.1, -0.05) is 36.4 Å². The molecule has 1 aliphatic rings.